The monoisotopic (exact) mass is 504 g/mol. The molecule has 0 saturated carbocycles. The summed E-state index contributed by atoms with van der Waals surface area (Å²) in [5.41, 5.74) is -0.183. The maximum Gasteiger partial charge on any atom is 0.422 e. The lowest BCUT2D eigenvalue weighted by Gasteiger charge is -2.42. The van der Waals surface area contributed by atoms with Gasteiger partial charge in [0.25, 0.3) is 11.5 Å². The predicted octanol–water partition coefficient (Wildman–Crippen LogP) is 2.34. The van der Waals surface area contributed by atoms with E-state index in [0.717, 1.165) is 11.3 Å². The van der Waals surface area contributed by atoms with Crippen LogP contribution in [0.2, 0.25) is 0 Å². The number of amides is 1. The molecule has 12 heteroatoms. The van der Waals surface area contributed by atoms with Crippen molar-refractivity contribution in [2.45, 2.75) is 25.7 Å². The molecule has 1 amide bonds. The summed E-state index contributed by atoms with van der Waals surface area (Å²) in [5, 5.41) is 2.55. The average molecular weight is 505 g/mol. The van der Waals surface area contributed by atoms with Gasteiger partial charge in [-0.2, -0.15) is 13.2 Å². The van der Waals surface area contributed by atoms with Crippen LogP contribution in [0.15, 0.2) is 35.4 Å². The lowest BCUT2D eigenvalue weighted by atomic mass is 10.1. The van der Waals surface area contributed by atoms with Crippen molar-refractivity contribution in [3.63, 3.8) is 0 Å². The van der Waals surface area contributed by atoms with Crippen LogP contribution in [-0.4, -0.2) is 72.2 Å². The number of halogens is 3. The highest BCUT2D eigenvalue weighted by atomic mass is 19.4. The average Bonchev–Trinajstić information content (AvgIpc) is 2.84. The lowest BCUT2D eigenvalue weighted by Crippen LogP contribution is -2.54. The minimum atomic E-state index is -4.75. The number of aromatic nitrogens is 3. The first-order chi connectivity index (χ1) is 17.1. The number of alkyl halides is 3. The number of piperazine rings is 1. The zero-order valence-corrected chi connectivity index (χ0v) is 20.1. The number of methoxy groups -OCH3 is 1. The van der Waals surface area contributed by atoms with E-state index in [4.69, 9.17) is 4.74 Å². The fourth-order valence-electron chi connectivity index (χ4n) is 4.56. The highest BCUT2D eigenvalue weighted by Crippen LogP contribution is 2.31. The number of nitrogens with one attached hydrogen (secondary N) is 2. The summed E-state index contributed by atoms with van der Waals surface area (Å²) < 4.78 is 45.3. The summed E-state index contributed by atoms with van der Waals surface area (Å²) in [4.78, 5) is 39.1. The largest absolute Gasteiger partial charge is 0.422 e. The third-order valence-corrected chi connectivity index (χ3v) is 6.36. The van der Waals surface area contributed by atoms with Gasteiger partial charge in [0.1, 0.15) is 11.3 Å². The number of H-pyrrole nitrogens is 1. The number of fused-ring (bicyclic) bond motifs is 1. The molecule has 36 heavy (non-hydrogen) atoms. The molecule has 0 radical (unpaired) electrons. The van der Waals surface area contributed by atoms with Gasteiger partial charge in [0, 0.05) is 46.5 Å². The molecule has 1 fully saturated rings. The minimum Gasteiger partial charge on any atom is -0.383 e. The first kappa shape index (κ1) is 25.6. The number of aromatic amines is 1. The molecular weight excluding hydrogens is 477 g/mol. The number of hydrogen-bond acceptors (Lipinski definition) is 7. The SMILES string of the molecule is CNC(=O)c1ccc(N2CCN(Cc3cnc4c(C)c(C(F)(F)F)c(=O)[nH]c4c3)C(COC)C2)cn1. The second-order valence-corrected chi connectivity index (χ2v) is 8.70. The molecule has 192 valence electrons. The maximum atomic E-state index is 13.3. The standard InChI is InChI=1S/C24H27F3N6O3/c1-14-20(24(25,26)27)23(35)31-19-8-15(9-30-21(14)19)11-32-6-7-33(12-17(32)13-36-3)16-4-5-18(29-10-16)22(34)28-2/h4-5,8-10,17H,6-7,11-13H2,1-3H3,(H,28,34)(H,31,35). The van der Waals surface area contributed by atoms with Gasteiger partial charge in [-0.1, -0.05) is 0 Å². The van der Waals surface area contributed by atoms with E-state index in [-0.39, 0.29) is 28.5 Å². The van der Waals surface area contributed by atoms with Crippen LogP contribution in [-0.2, 0) is 17.5 Å². The van der Waals surface area contributed by atoms with Crippen molar-refractivity contribution in [1.29, 1.82) is 0 Å². The molecule has 3 aromatic rings. The Hall–Kier alpha value is -3.51. The van der Waals surface area contributed by atoms with Crippen LogP contribution in [0, 0.1) is 6.92 Å². The van der Waals surface area contributed by atoms with E-state index in [0.29, 0.717) is 38.5 Å². The van der Waals surface area contributed by atoms with Crippen LogP contribution in [0.5, 0.6) is 0 Å². The fourth-order valence-corrected chi connectivity index (χ4v) is 4.56. The van der Waals surface area contributed by atoms with E-state index in [1.54, 1.807) is 38.7 Å². The zero-order chi connectivity index (χ0) is 26.0. The smallest absolute Gasteiger partial charge is 0.383 e. The van der Waals surface area contributed by atoms with Crippen LogP contribution in [0.25, 0.3) is 11.0 Å². The molecule has 0 bridgehead atoms. The molecular formula is C24H27F3N6O3. The van der Waals surface area contributed by atoms with Gasteiger partial charge in [-0.25, -0.2) is 4.98 Å². The van der Waals surface area contributed by atoms with Crippen LogP contribution < -0.4 is 15.8 Å². The van der Waals surface area contributed by atoms with Crippen molar-refractivity contribution < 1.29 is 22.7 Å². The Morgan fingerprint density at radius 1 is 1.25 bits per heavy atom. The summed E-state index contributed by atoms with van der Waals surface area (Å²) in [6.07, 6.45) is -1.53. The molecule has 2 N–H and O–H groups in total. The third-order valence-electron chi connectivity index (χ3n) is 6.36. The van der Waals surface area contributed by atoms with Gasteiger partial charge in [-0.3, -0.25) is 19.5 Å². The van der Waals surface area contributed by atoms with Crippen LogP contribution >= 0.6 is 0 Å². The summed E-state index contributed by atoms with van der Waals surface area (Å²) in [6.45, 7) is 4.25. The molecule has 0 aromatic carbocycles. The summed E-state index contributed by atoms with van der Waals surface area (Å²) >= 11 is 0. The van der Waals surface area contributed by atoms with E-state index in [9.17, 15) is 22.8 Å². The molecule has 0 spiro atoms. The van der Waals surface area contributed by atoms with Gasteiger partial charge in [0.2, 0.25) is 0 Å². The summed E-state index contributed by atoms with van der Waals surface area (Å²) in [7, 11) is 3.18. The molecule has 1 aliphatic rings. The van der Waals surface area contributed by atoms with Crippen molar-refractivity contribution >= 4 is 22.6 Å². The number of rotatable bonds is 6. The Kier molecular flexibility index (Phi) is 7.27. The second kappa shape index (κ2) is 10.2. The van der Waals surface area contributed by atoms with E-state index in [2.05, 4.69) is 30.1 Å². The molecule has 3 aromatic heterocycles. The number of carbonyl (C=O) groups is 1. The molecule has 1 unspecified atom stereocenters. The number of anilines is 1. The lowest BCUT2D eigenvalue weighted by molar-refractivity contribution is -0.139. The third kappa shape index (κ3) is 5.19. The van der Waals surface area contributed by atoms with E-state index in [1.165, 1.54) is 6.92 Å². The van der Waals surface area contributed by atoms with Gasteiger partial charge in [-0.05, 0) is 36.2 Å². The van der Waals surface area contributed by atoms with Crippen molar-refractivity contribution in [2.24, 2.45) is 0 Å². The summed E-state index contributed by atoms with van der Waals surface area (Å²) in [5.74, 6) is -0.251. The molecule has 1 aliphatic heterocycles. The first-order valence-electron chi connectivity index (χ1n) is 11.4. The predicted molar refractivity (Wildman–Crippen MR) is 128 cm³/mol. The van der Waals surface area contributed by atoms with Crippen molar-refractivity contribution in [3.05, 3.63) is 63.3 Å². The van der Waals surface area contributed by atoms with Gasteiger partial charge in [-0.15, -0.1) is 0 Å². The van der Waals surface area contributed by atoms with Gasteiger partial charge >= 0.3 is 6.18 Å². The quantitative estimate of drug-likeness (QED) is 0.531. The van der Waals surface area contributed by atoms with Gasteiger partial charge < -0.3 is 19.9 Å². The molecule has 0 aliphatic carbocycles. The minimum absolute atomic E-state index is 0.0199. The van der Waals surface area contributed by atoms with Gasteiger partial charge in [0.05, 0.1) is 35.6 Å². The fraction of sp³-hybridized carbons (Fsp3) is 0.417. The Balaban J connectivity index is 1.53. The van der Waals surface area contributed by atoms with Gasteiger partial charge in [0.15, 0.2) is 0 Å². The van der Waals surface area contributed by atoms with E-state index >= 15 is 0 Å². The number of pyridine rings is 3. The van der Waals surface area contributed by atoms with E-state index < -0.39 is 17.3 Å². The zero-order valence-electron chi connectivity index (χ0n) is 20.1. The number of carbonyl (C=O) groups excluding carboxylic acids is 1. The second-order valence-electron chi connectivity index (χ2n) is 8.70. The van der Waals surface area contributed by atoms with Crippen molar-refractivity contribution in [2.75, 3.05) is 45.3 Å². The Morgan fingerprint density at radius 2 is 2.03 bits per heavy atom. The number of ether oxygens (including phenoxy) is 1. The maximum absolute atomic E-state index is 13.3. The van der Waals surface area contributed by atoms with Crippen LogP contribution in [0.4, 0.5) is 18.9 Å². The van der Waals surface area contributed by atoms with Crippen LogP contribution in [0.1, 0.15) is 27.2 Å². The topological polar surface area (TPSA) is 103 Å². The van der Waals surface area contributed by atoms with Crippen LogP contribution in [0.3, 0.4) is 0 Å². The first-order valence-corrected chi connectivity index (χ1v) is 11.4. The highest BCUT2D eigenvalue weighted by Gasteiger charge is 2.37. The number of nitrogens with zero attached hydrogens (tertiary/aromatic N) is 4. The molecule has 4 heterocycles. The highest BCUT2D eigenvalue weighted by molar-refractivity contribution is 5.92. The number of hydrogen-bond donors (Lipinski definition) is 2. The Bertz CT molecular complexity index is 1310. The van der Waals surface area contributed by atoms with E-state index in [1.807, 2.05) is 6.07 Å². The normalized spacial score (nSPS) is 16.9. The molecule has 4 rings (SSSR count). The molecule has 1 atom stereocenters. The Morgan fingerprint density at radius 3 is 2.67 bits per heavy atom. The van der Waals surface area contributed by atoms with Crippen molar-refractivity contribution in [3.8, 4) is 0 Å². The number of aryl methyl sites for hydroxylation is 1. The molecule has 9 nitrogen and oxygen atoms in total. The van der Waals surface area contributed by atoms with Crippen molar-refractivity contribution in [1.82, 2.24) is 25.2 Å². The molecule has 1 saturated heterocycles. The Labute approximate surface area is 205 Å². The summed E-state index contributed by atoms with van der Waals surface area (Å²) in [6, 6.07) is 5.23.